The number of nitrogens with two attached hydrogens (primary N) is 1. The summed E-state index contributed by atoms with van der Waals surface area (Å²) in [5, 5.41) is 0. The molecule has 9 heteroatoms. The van der Waals surface area contributed by atoms with Crippen LogP contribution in [0.1, 0.15) is 44.9 Å². The molecule has 3 aliphatic rings. The molecule has 1 saturated carbocycles. The Morgan fingerprint density at radius 1 is 1.17 bits per heavy atom. The molecule has 1 aliphatic carbocycles. The molecule has 0 aromatic carbocycles. The van der Waals surface area contributed by atoms with Crippen LogP contribution in [0.2, 0.25) is 0 Å². The van der Waals surface area contributed by atoms with E-state index in [4.69, 9.17) is 5.73 Å². The molecular formula is C20H32F2N4O3. The summed E-state index contributed by atoms with van der Waals surface area (Å²) in [5.74, 6) is -4.34. The molecule has 0 aromatic heterocycles. The number of carbonyl (C=O) groups excluding carboxylic acids is 3. The molecule has 3 rings (SSSR count). The van der Waals surface area contributed by atoms with Gasteiger partial charge in [0.2, 0.25) is 17.7 Å². The molecular weight excluding hydrogens is 382 g/mol. The Kier molecular flexibility index (Phi) is 6.45. The number of amides is 3. The first-order valence-corrected chi connectivity index (χ1v) is 10.5. The Morgan fingerprint density at radius 3 is 2.31 bits per heavy atom. The zero-order chi connectivity index (χ0) is 21.3. The van der Waals surface area contributed by atoms with E-state index in [2.05, 4.69) is 0 Å². The van der Waals surface area contributed by atoms with Crippen molar-refractivity contribution in [3.63, 3.8) is 0 Å². The normalized spacial score (nSPS) is 29.1. The fourth-order valence-electron chi connectivity index (χ4n) is 5.06. The molecule has 2 heterocycles. The first-order chi connectivity index (χ1) is 13.6. The molecule has 0 aromatic rings. The predicted octanol–water partition coefficient (Wildman–Crippen LogP) is 1.07. The van der Waals surface area contributed by atoms with Crippen LogP contribution in [0.15, 0.2) is 0 Å². The predicted molar refractivity (Wildman–Crippen MR) is 103 cm³/mol. The summed E-state index contributed by atoms with van der Waals surface area (Å²) in [6.07, 6.45) is 4.05. The average molecular weight is 414 g/mol. The number of likely N-dealkylation sites (tertiary alicyclic amines) is 2. The summed E-state index contributed by atoms with van der Waals surface area (Å²) in [6, 6.07) is -0.950. The number of rotatable bonds is 5. The summed E-state index contributed by atoms with van der Waals surface area (Å²) in [7, 11) is 3.23. The summed E-state index contributed by atoms with van der Waals surface area (Å²) in [4.78, 5) is 42.2. The third-order valence-corrected chi connectivity index (χ3v) is 6.68. The van der Waals surface area contributed by atoms with Crippen LogP contribution in [-0.4, -0.2) is 84.2 Å². The molecule has 3 amide bonds. The number of nitrogens with zero attached hydrogens (tertiary/aromatic N) is 3. The van der Waals surface area contributed by atoms with Crippen molar-refractivity contribution in [3.8, 4) is 0 Å². The maximum atomic E-state index is 13.5. The highest BCUT2D eigenvalue weighted by atomic mass is 19.3. The molecule has 29 heavy (non-hydrogen) atoms. The van der Waals surface area contributed by atoms with Crippen molar-refractivity contribution in [1.29, 1.82) is 0 Å². The van der Waals surface area contributed by atoms with Gasteiger partial charge < -0.3 is 20.4 Å². The SMILES string of the molecule is CN(C)C(=O)C(C1CCC(N2CCCC2=O)CC1)C(N)C(=O)N1CCC(F)(F)C1. The van der Waals surface area contributed by atoms with Gasteiger partial charge in [-0.2, -0.15) is 0 Å². The Bertz CT molecular complexity index is 650. The van der Waals surface area contributed by atoms with E-state index in [1.165, 1.54) is 4.90 Å². The van der Waals surface area contributed by atoms with Crippen LogP contribution in [0.5, 0.6) is 0 Å². The van der Waals surface area contributed by atoms with E-state index in [9.17, 15) is 23.2 Å². The highest BCUT2D eigenvalue weighted by Gasteiger charge is 2.46. The molecule has 2 atom stereocenters. The Morgan fingerprint density at radius 2 is 1.83 bits per heavy atom. The Balaban J connectivity index is 1.68. The Labute approximate surface area is 170 Å². The van der Waals surface area contributed by atoms with Crippen LogP contribution < -0.4 is 5.73 Å². The highest BCUT2D eigenvalue weighted by Crippen LogP contribution is 2.36. The van der Waals surface area contributed by atoms with E-state index in [0.717, 1.165) is 30.7 Å². The second kappa shape index (κ2) is 8.53. The number of carbonyl (C=O) groups is 3. The van der Waals surface area contributed by atoms with Gasteiger partial charge in [0, 0.05) is 46.1 Å². The molecule has 2 N–H and O–H groups in total. The lowest BCUT2D eigenvalue weighted by Crippen LogP contribution is -2.54. The minimum Gasteiger partial charge on any atom is -0.349 e. The van der Waals surface area contributed by atoms with Crippen molar-refractivity contribution < 1.29 is 23.2 Å². The van der Waals surface area contributed by atoms with E-state index in [1.54, 1.807) is 14.1 Å². The minimum absolute atomic E-state index is 0.0355. The molecule has 3 fully saturated rings. The zero-order valence-corrected chi connectivity index (χ0v) is 17.3. The first-order valence-electron chi connectivity index (χ1n) is 10.5. The molecule has 7 nitrogen and oxygen atoms in total. The third kappa shape index (κ3) is 4.70. The van der Waals surface area contributed by atoms with Crippen molar-refractivity contribution in [2.24, 2.45) is 17.6 Å². The van der Waals surface area contributed by atoms with Gasteiger partial charge in [0.1, 0.15) is 0 Å². The number of alkyl halides is 2. The third-order valence-electron chi connectivity index (χ3n) is 6.68. The van der Waals surface area contributed by atoms with Crippen LogP contribution in [0.3, 0.4) is 0 Å². The van der Waals surface area contributed by atoms with Crippen molar-refractivity contribution in [3.05, 3.63) is 0 Å². The molecule has 2 unspecified atom stereocenters. The summed E-state index contributed by atoms with van der Waals surface area (Å²) < 4.78 is 27.1. The zero-order valence-electron chi connectivity index (χ0n) is 17.3. The molecule has 164 valence electrons. The van der Waals surface area contributed by atoms with Gasteiger partial charge in [-0.1, -0.05) is 0 Å². The molecule has 0 bridgehead atoms. The molecule has 0 spiro atoms. The lowest BCUT2D eigenvalue weighted by Gasteiger charge is -2.39. The number of hydrogen-bond donors (Lipinski definition) is 1. The standard InChI is InChI=1S/C20H32F2N4O3/c1-24(2)18(28)16(17(23)19(29)25-11-9-20(21,22)12-25)13-5-7-14(8-6-13)26-10-3-4-15(26)27/h13-14,16-17H,3-12,23H2,1-2H3. The van der Waals surface area contributed by atoms with Gasteiger partial charge in [0.15, 0.2) is 0 Å². The summed E-state index contributed by atoms with van der Waals surface area (Å²) in [5.41, 5.74) is 6.23. The molecule has 2 aliphatic heterocycles. The lowest BCUT2D eigenvalue weighted by molar-refractivity contribution is -0.144. The van der Waals surface area contributed by atoms with Crippen LogP contribution in [-0.2, 0) is 14.4 Å². The first kappa shape index (κ1) is 21.9. The van der Waals surface area contributed by atoms with Crippen LogP contribution in [0.4, 0.5) is 8.78 Å². The van der Waals surface area contributed by atoms with E-state index in [-0.39, 0.29) is 36.7 Å². The van der Waals surface area contributed by atoms with Gasteiger partial charge in [0.25, 0.3) is 5.92 Å². The highest BCUT2D eigenvalue weighted by molar-refractivity contribution is 5.90. The van der Waals surface area contributed by atoms with Gasteiger partial charge in [-0.3, -0.25) is 14.4 Å². The smallest absolute Gasteiger partial charge is 0.267 e. The minimum atomic E-state index is -2.89. The fraction of sp³-hybridized carbons (Fsp3) is 0.850. The fourth-order valence-corrected chi connectivity index (χ4v) is 5.06. The maximum absolute atomic E-state index is 13.5. The summed E-state index contributed by atoms with van der Waals surface area (Å²) in [6.45, 7) is 0.119. The van der Waals surface area contributed by atoms with Crippen LogP contribution >= 0.6 is 0 Å². The largest absolute Gasteiger partial charge is 0.349 e. The van der Waals surface area contributed by atoms with Gasteiger partial charge in [0.05, 0.1) is 18.5 Å². The van der Waals surface area contributed by atoms with Crippen molar-refractivity contribution in [1.82, 2.24) is 14.7 Å². The van der Waals surface area contributed by atoms with E-state index in [1.807, 2.05) is 4.90 Å². The molecule has 2 saturated heterocycles. The lowest BCUT2D eigenvalue weighted by atomic mass is 9.74. The monoisotopic (exact) mass is 414 g/mol. The van der Waals surface area contributed by atoms with Crippen molar-refractivity contribution in [2.75, 3.05) is 33.7 Å². The van der Waals surface area contributed by atoms with Gasteiger partial charge >= 0.3 is 0 Å². The van der Waals surface area contributed by atoms with E-state index < -0.39 is 30.3 Å². The molecule has 0 radical (unpaired) electrons. The number of hydrogen-bond acceptors (Lipinski definition) is 4. The maximum Gasteiger partial charge on any atom is 0.267 e. The summed E-state index contributed by atoms with van der Waals surface area (Å²) >= 11 is 0. The van der Waals surface area contributed by atoms with Crippen molar-refractivity contribution in [2.45, 2.75) is 63.0 Å². The number of halogens is 2. The van der Waals surface area contributed by atoms with Crippen molar-refractivity contribution >= 4 is 17.7 Å². The van der Waals surface area contributed by atoms with Crippen LogP contribution in [0.25, 0.3) is 0 Å². The van der Waals surface area contributed by atoms with Gasteiger partial charge in [-0.25, -0.2) is 8.78 Å². The van der Waals surface area contributed by atoms with Gasteiger partial charge in [-0.05, 0) is 38.0 Å². The second-order valence-corrected chi connectivity index (χ2v) is 8.91. The van der Waals surface area contributed by atoms with Gasteiger partial charge in [-0.15, -0.1) is 0 Å². The van der Waals surface area contributed by atoms with Crippen LogP contribution in [0, 0.1) is 11.8 Å². The Hall–Kier alpha value is -1.77. The quantitative estimate of drug-likeness (QED) is 0.729. The van der Waals surface area contributed by atoms with E-state index >= 15 is 0 Å². The van der Waals surface area contributed by atoms with E-state index in [0.29, 0.717) is 19.3 Å². The second-order valence-electron chi connectivity index (χ2n) is 8.91. The topological polar surface area (TPSA) is 87.0 Å². The average Bonchev–Trinajstić information content (AvgIpc) is 3.26.